The van der Waals surface area contributed by atoms with E-state index in [0.717, 1.165) is 35.8 Å². The summed E-state index contributed by atoms with van der Waals surface area (Å²) in [7, 11) is 1.99. The molecular formula is C10H10ClN5S. The average molecular weight is 268 g/mol. The number of hydrogen-bond donors (Lipinski definition) is 1. The fraction of sp³-hybridized carbons (Fsp3) is 0.300. The number of benzene rings is 1. The number of halogens is 1. The number of fused-ring (bicyclic) bond motifs is 1. The summed E-state index contributed by atoms with van der Waals surface area (Å²) in [6, 6.07) is 3.69. The van der Waals surface area contributed by atoms with E-state index in [1.807, 2.05) is 19.2 Å². The molecule has 0 saturated carbocycles. The highest BCUT2D eigenvalue weighted by atomic mass is 35.5. The van der Waals surface area contributed by atoms with Gasteiger partial charge in [-0.3, -0.25) is 4.99 Å². The van der Waals surface area contributed by atoms with Crippen molar-refractivity contribution in [2.24, 2.45) is 4.99 Å². The van der Waals surface area contributed by atoms with Gasteiger partial charge in [0.1, 0.15) is 11.0 Å². The Bertz CT molecular complexity index is 593. The second-order valence-corrected chi connectivity index (χ2v) is 4.74. The third kappa shape index (κ3) is 1.83. The van der Waals surface area contributed by atoms with Crippen LogP contribution in [0, 0.1) is 0 Å². The fourth-order valence-corrected chi connectivity index (χ4v) is 2.47. The van der Waals surface area contributed by atoms with Crippen LogP contribution < -0.4 is 5.32 Å². The number of likely N-dealkylation sites (N-methyl/N-ethyl adjacent to an activating group) is 1. The van der Waals surface area contributed by atoms with Crippen LogP contribution in [0.25, 0.3) is 11.0 Å². The zero-order valence-corrected chi connectivity index (χ0v) is 10.7. The molecule has 2 aromatic rings. The number of aliphatic imine (C=N–C) groups is 1. The van der Waals surface area contributed by atoms with Crippen molar-refractivity contribution >= 4 is 46.0 Å². The molecule has 0 spiro atoms. The van der Waals surface area contributed by atoms with Crippen LogP contribution in [0.3, 0.4) is 0 Å². The molecule has 1 aromatic heterocycles. The minimum absolute atomic E-state index is 0.633. The zero-order valence-electron chi connectivity index (χ0n) is 9.14. The molecule has 0 saturated heterocycles. The standard InChI is InChI=1S/C10H10ClN5S/c1-16-5-4-12-10(16)13-8-6(11)2-3-7-9(8)15-17-14-7/h2-3H,4-5H2,1H3,(H,12,13). The highest BCUT2D eigenvalue weighted by molar-refractivity contribution is 7.00. The van der Waals surface area contributed by atoms with E-state index in [0.29, 0.717) is 5.02 Å². The van der Waals surface area contributed by atoms with Crippen LogP contribution in [0.5, 0.6) is 0 Å². The number of rotatable bonds is 1. The lowest BCUT2D eigenvalue weighted by Crippen LogP contribution is -2.29. The van der Waals surface area contributed by atoms with Crippen molar-refractivity contribution in [2.45, 2.75) is 0 Å². The Kier molecular flexibility index (Phi) is 2.60. The molecule has 0 unspecified atom stereocenters. The van der Waals surface area contributed by atoms with Gasteiger partial charge in [0.25, 0.3) is 0 Å². The molecule has 7 heteroatoms. The van der Waals surface area contributed by atoms with Gasteiger partial charge in [-0.05, 0) is 12.1 Å². The molecule has 0 atom stereocenters. The lowest BCUT2D eigenvalue weighted by molar-refractivity contribution is 0.555. The lowest BCUT2D eigenvalue weighted by atomic mass is 10.2. The molecule has 3 rings (SSSR count). The third-order valence-electron chi connectivity index (χ3n) is 2.67. The van der Waals surface area contributed by atoms with Gasteiger partial charge in [-0.2, -0.15) is 8.75 Å². The van der Waals surface area contributed by atoms with Crippen LogP contribution >= 0.6 is 23.3 Å². The van der Waals surface area contributed by atoms with Gasteiger partial charge in [0.15, 0.2) is 5.96 Å². The lowest BCUT2D eigenvalue weighted by Gasteiger charge is -2.16. The van der Waals surface area contributed by atoms with E-state index in [1.165, 1.54) is 11.7 Å². The first-order chi connectivity index (χ1) is 8.25. The Morgan fingerprint density at radius 1 is 1.41 bits per heavy atom. The number of guanidine groups is 1. The average Bonchev–Trinajstić information content (AvgIpc) is 2.92. The maximum Gasteiger partial charge on any atom is 0.198 e. The first-order valence-corrected chi connectivity index (χ1v) is 6.30. The molecule has 1 aliphatic heterocycles. The molecule has 17 heavy (non-hydrogen) atoms. The number of hydrogen-bond acceptors (Lipinski definition) is 6. The summed E-state index contributed by atoms with van der Waals surface area (Å²) in [5.74, 6) is 0.826. The zero-order chi connectivity index (χ0) is 11.8. The largest absolute Gasteiger partial charge is 0.344 e. The van der Waals surface area contributed by atoms with Crippen LogP contribution in [0.15, 0.2) is 17.1 Å². The van der Waals surface area contributed by atoms with Crippen molar-refractivity contribution in [3.05, 3.63) is 17.2 Å². The van der Waals surface area contributed by atoms with Crippen LogP contribution in [-0.2, 0) is 0 Å². The minimum Gasteiger partial charge on any atom is -0.344 e. The molecule has 2 heterocycles. The molecule has 1 aromatic carbocycles. The monoisotopic (exact) mass is 267 g/mol. The van der Waals surface area contributed by atoms with E-state index in [9.17, 15) is 0 Å². The summed E-state index contributed by atoms with van der Waals surface area (Å²) in [6.45, 7) is 1.73. The summed E-state index contributed by atoms with van der Waals surface area (Å²) in [4.78, 5) is 6.42. The van der Waals surface area contributed by atoms with Gasteiger partial charge in [0.2, 0.25) is 0 Å². The molecule has 0 fully saturated rings. The van der Waals surface area contributed by atoms with E-state index in [1.54, 1.807) is 0 Å². The van der Waals surface area contributed by atoms with Gasteiger partial charge < -0.3 is 10.2 Å². The van der Waals surface area contributed by atoms with Crippen LogP contribution in [0.1, 0.15) is 0 Å². The third-order valence-corrected chi connectivity index (χ3v) is 3.53. The maximum atomic E-state index is 6.19. The molecule has 0 amide bonds. The summed E-state index contributed by atoms with van der Waals surface area (Å²) < 4.78 is 8.45. The predicted octanol–water partition coefficient (Wildman–Crippen LogP) is 2.06. The quantitative estimate of drug-likeness (QED) is 0.859. The maximum absolute atomic E-state index is 6.19. The minimum atomic E-state index is 0.633. The molecule has 0 bridgehead atoms. The van der Waals surface area contributed by atoms with Crippen molar-refractivity contribution in [2.75, 3.05) is 25.5 Å². The second kappa shape index (κ2) is 4.12. The Labute approximate surface area is 107 Å². The van der Waals surface area contributed by atoms with E-state index < -0.39 is 0 Å². The SMILES string of the molecule is CN1CCN=C1Nc1c(Cl)ccc2nsnc12. The first kappa shape index (κ1) is 10.7. The van der Waals surface area contributed by atoms with Gasteiger partial charge in [-0.25, -0.2) is 0 Å². The predicted molar refractivity (Wildman–Crippen MR) is 71.0 cm³/mol. The Morgan fingerprint density at radius 3 is 3.06 bits per heavy atom. The summed E-state index contributed by atoms with van der Waals surface area (Å²) in [5.41, 5.74) is 2.43. The van der Waals surface area contributed by atoms with Gasteiger partial charge in [0.05, 0.1) is 29.0 Å². The van der Waals surface area contributed by atoms with Gasteiger partial charge in [-0.1, -0.05) is 11.6 Å². The smallest absolute Gasteiger partial charge is 0.198 e. The summed E-state index contributed by atoms with van der Waals surface area (Å²) >= 11 is 7.37. The Morgan fingerprint density at radius 2 is 2.29 bits per heavy atom. The van der Waals surface area contributed by atoms with Crippen molar-refractivity contribution in [3.63, 3.8) is 0 Å². The second-order valence-electron chi connectivity index (χ2n) is 3.81. The van der Waals surface area contributed by atoms with E-state index in [4.69, 9.17) is 11.6 Å². The summed E-state index contributed by atoms with van der Waals surface area (Å²) in [6.07, 6.45) is 0. The van der Waals surface area contributed by atoms with Crippen LogP contribution in [0.4, 0.5) is 5.69 Å². The molecule has 1 N–H and O–H groups in total. The van der Waals surface area contributed by atoms with E-state index in [-0.39, 0.29) is 0 Å². The molecular weight excluding hydrogens is 258 g/mol. The van der Waals surface area contributed by atoms with Gasteiger partial charge >= 0.3 is 0 Å². The Hall–Kier alpha value is -1.40. The van der Waals surface area contributed by atoms with Crippen molar-refractivity contribution in [3.8, 4) is 0 Å². The van der Waals surface area contributed by atoms with Crippen molar-refractivity contribution < 1.29 is 0 Å². The fourth-order valence-electron chi connectivity index (χ4n) is 1.73. The molecule has 5 nitrogen and oxygen atoms in total. The van der Waals surface area contributed by atoms with Crippen molar-refractivity contribution in [1.29, 1.82) is 0 Å². The molecule has 0 radical (unpaired) electrons. The van der Waals surface area contributed by atoms with E-state index in [2.05, 4.69) is 24.0 Å². The number of anilines is 1. The topological polar surface area (TPSA) is 53.4 Å². The molecule has 88 valence electrons. The van der Waals surface area contributed by atoms with E-state index >= 15 is 0 Å². The molecule has 1 aliphatic rings. The van der Waals surface area contributed by atoms with Crippen LogP contribution in [0.2, 0.25) is 5.02 Å². The van der Waals surface area contributed by atoms with Gasteiger partial charge in [0, 0.05) is 13.6 Å². The number of nitrogens with zero attached hydrogens (tertiary/aromatic N) is 4. The number of nitrogens with one attached hydrogen (secondary N) is 1. The normalized spacial score (nSPS) is 15.4. The van der Waals surface area contributed by atoms with Crippen LogP contribution in [-0.4, -0.2) is 39.7 Å². The summed E-state index contributed by atoms with van der Waals surface area (Å²) in [5, 5.41) is 3.87. The Balaban J connectivity index is 2.04. The first-order valence-electron chi connectivity index (χ1n) is 5.19. The highest BCUT2D eigenvalue weighted by Gasteiger charge is 2.16. The molecule has 0 aliphatic carbocycles. The number of aromatic nitrogens is 2. The van der Waals surface area contributed by atoms with Crippen molar-refractivity contribution in [1.82, 2.24) is 13.6 Å². The van der Waals surface area contributed by atoms with Gasteiger partial charge in [-0.15, -0.1) is 0 Å². The highest BCUT2D eigenvalue weighted by Crippen LogP contribution is 2.30.